The number of rotatable bonds is 5. The zero-order valence-corrected chi connectivity index (χ0v) is 11.6. The molecule has 0 atom stereocenters. The summed E-state index contributed by atoms with van der Waals surface area (Å²) in [6.07, 6.45) is 7.47. The number of amides is 2. The van der Waals surface area contributed by atoms with E-state index < -0.39 is 0 Å². The monoisotopic (exact) mass is 254 g/mol. The van der Waals surface area contributed by atoms with E-state index in [2.05, 4.69) is 0 Å². The van der Waals surface area contributed by atoms with Gasteiger partial charge in [0.25, 0.3) is 0 Å². The van der Waals surface area contributed by atoms with Crippen LogP contribution in [-0.4, -0.2) is 55.7 Å². The molecule has 0 aromatic carbocycles. The first-order valence-electron chi connectivity index (χ1n) is 7.35. The van der Waals surface area contributed by atoms with Crippen molar-refractivity contribution in [3.63, 3.8) is 0 Å². The van der Waals surface area contributed by atoms with E-state index >= 15 is 0 Å². The molecule has 1 aliphatic carbocycles. The molecule has 0 radical (unpaired) electrons. The van der Waals surface area contributed by atoms with Gasteiger partial charge in [0, 0.05) is 33.3 Å². The Balaban J connectivity index is 1.62. The van der Waals surface area contributed by atoms with Gasteiger partial charge >= 0.3 is 6.03 Å². The molecule has 4 nitrogen and oxygen atoms in total. The molecule has 1 saturated heterocycles. The van der Waals surface area contributed by atoms with E-state index in [1.54, 1.807) is 4.90 Å². The highest BCUT2D eigenvalue weighted by molar-refractivity contribution is 5.74. The SMILES string of the molecule is CN(CCOCC1CC1)C(=O)N1CCCCCC1. The number of ether oxygens (including phenoxy) is 1. The van der Waals surface area contributed by atoms with Gasteiger partial charge in [-0.25, -0.2) is 4.79 Å². The summed E-state index contributed by atoms with van der Waals surface area (Å²) >= 11 is 0. The van der Waals surface area contributed by atoms with Crippen LogP contribution in [-0.2, 0) is 4.74 Å². The molecule has 0 bridgehead atoms. The van der Waals surface area contributed by atoms with Gasteiger partial charge in [-0.15, -0.1) is 0 Å². The molecule has 2 amide bonds. The summed E-state index contributed by atoms with van der Waals surface area (Å²) in [6.45, 7) is 4.11. The molecule has 0 N–H and O–H groups in total. The van der Waals surface area contributed by atoms with Crippen molar-refractivity contribution >= 4 is 6.03 Å². The number of carbonyl (C=O) groups excluding carboxylic acids is 1. The number of carbonyl (C=O) groups is 1. The average molecular weight is 254 g/mol. The van der Waals surface area contributed by atoms with E-state index in [0.717, 1.165) is 38.5 Å². The smallest absolute Gasteiger partial charge is 0.319 e. The highest BCUT2D eigenvalue weighted by Gasteiger charge is 2.22. The van der Waals surface area contributed by atoms with Crippen LogP contribution >= 0.6 is 0 Å². The van der Waals surface area contributed by atoms with Gasteiger partial charge in [0.1, 0.15) is 0 Å². The molecular formula is C14H26N2O2. The van der Waals surface area contributed by atoms with E-state index in [1.807, 2.05) is 11.9 Å². The third-order valence-electron chi connectivity index (χ3n) is 3.82. The lowest BCUT2D eigenvalue weighted by molar-refractivity contribution is 0.0999. The topological polar surface area (TPSA) is 32.8 Å². The molecule has 18 heavy (non-hydrogen) atoms. The third kappa shape index (κ3) is 4.48. The number of hydrogen-bond acceptors (Lipinski definition) is 2. The van der Waals surface area contributed by atoms with Gasteiger partial charge in [0.2, 0.25) is 0 Å². The Morgan fingerprint density at radius 3 is 2.50 bits per heavy atom. The number of nitrogens with zero attached hydrogens (tertiary/aromatic N) is 2. The van der Waals surface area contributed by atoms with E-state index in [1.165, 1.54) is 25.7 Å². The number of urea groups is 1. The van der Waals surface area contributed by atoms with Crippen LogP contribution in [0.1, 0.15) is 38.5 Å². The molecule has 104 valence electrons. The van der Waals surface area contributed by atoms with Crippen molar-refractivity contribution in [1.29, 1.82) is 0 Å². The predicted octanol–water partition coefficient (Wildman–Crippen LogP) is 2.34. The number of hydrogen-bond donors (Lipinski definition) is 0. The molecule has 1 saturated carbocycles. The molecule has 2 fully saturated rings. The summed E-state index contributed by atoms with van der Waals surface area (Å²) in [5.74, 6) is 0.802. The van der Waals surface area contributed by atoms with E-state index in [9.17, 15) is 4.79 Å². The van der Waals surface area contributed by atoms with Gasteiger partial charge < -0.3 is 14.5 Å². The molecule has 0 aromatic heterocycles. The van der Waals surface area contributed by atoms with E-state index in [0.29, 0.717) is 13.2 Å². The van der Waals surface area contributed by atoms with Gasteiger partial charge in [-0.05, 0) is 31.6 Å². The lowest BCUT2D eigenvalue weighted by Gasteiger charge is -2.27. The molecule has 0 spiro atoms. The van der Waals surface area contributed by atoms with Gasteiger partial charge in [-0.3, -0.25) is 0 Å². The lowest BCUT2D eigenvalue weighted by atomic mass is 10.2. The summed E-state index contributed by atoms with van der Waals surface area (Å²) in [5.41, 5.74) is 0. The Bertz CT molecular complexity index is 259. The first kappa shape index (κ1) is 13.7. The fourth-order valence-corrected chi connectivity index (χ4v) is 2.34. The summed E-state index contributed by atoms with van der Waals surface area (Å²) in [6, 6.07) is 0.173. The Kier molecular flexibility index (Phi) is 5.29. The fraction of sp³-hybridized carbons (Fsp3) is 0.929. The largest absolute Gasteiger partial charge is 0.379 e. The van der Waals surface area contributed by atoms with Crippen LogP contribution in [0.25, 0.3) is 0 Å². The predicted molar refractivity (Wildman–Crippen MR) is 71.6 cm³/mol. The molecule has 4 heteroatoms. The lowest BCUT2D eigenvalue weighted by Crippen LogP contribution is -2.42. The van der Waals surface area contributed by atoms with E-state index in [-0.39, 0.29) is 6.03 Å². The summed E-state index contributed by atoms with van der Waals surface area (Å²) in [4.78, 5) is 16.0. The van der Waals surface area contributed by atoms with Gasteiger partial charge in [0.05, 0.1) is 6.61 Å². The van der Waals surface area contributed by atoms with Crippen molar-refractivity contribution < 1.29 is 9.53 Å². The highest BCUT2D eigenvalue weighted by atomic mass is 16.5. The second-order valence-electron chi connectivity index (χ2n) is 5.62. The van der Waals surface area contributed by atoms with Crippen molar-refractivity contribution in [2.24, 2.45) is 5.92 Å². The van der Waals surface area contributed by atoms with Crippen LogP contribution in [0.4, 0.5) is 4.79 Å². The van der Waals surface area contributed by atoms with Crippen LogP contribution in [0.15, 0.2) is 0 Å². The van der Waals surface area contributed by atoms with Gasteiger partial charge in [0.15, 0.2) is 0 Å². The van der Waals surface area contributed by atoms with Gasteiger partial charge in [-0.1, -0.05) is 12.8 Å². The van der Waals surface area contributed by atoms with Crippen LogP contribution in [0, 0.1) is 5.92 Å². The maximum Gasteiger partial charge on any atom is 0.319 e. The first-order chi connectivity index (χ1) is 8.77. The number of likely N-dealkylation sites (N-methyl/N-ethyl adjacent to an activating group) is 1. The van der Waals surface area contributed by atoms with Crippen molar-refractivity contribution in [2.45, 2.75) is 38.5 Å². The minimum Gasteiger partial charge on any atom is -0.379 e. The van der Waals surface area contributed by atoms with Crippen molar-refractivity contribution in [1.82, 2.24) is 9.80 Å². The van der Waals surface area contributed by atoms with Crippen molar-refractivity contribution in [2.75, 3.05) is 39.9 Å². The fourth-order valence-electron chi connectivity index (χ4n) is 2.34. The van der Waals surface area contributed by atoms with Crippen LogP contribution in [0.5, 0.6) is 0 Å². The second-order valence-corrected chi connectivity index (χ2v) is 5.62. The second kappa shape index (κ2) is 6.98. The van der Waals surface area contributed by atoms with E-state index in [4.69, 9.17) is 4.74 Å². The zero-order valence-electron chi connectivity index (χ0n) is 11.6. The average Bonchev–Trinajstić information content (AvgIpc) is 3.19. The van der Waals surface area contributed by atoms with Crippen molar-refractivity contribution in [3.05, 3.63) is 0 Å². The zero-order chi connectivity index (χ0) is 12.8. The third-order valence-corrected chi connectivity index (χ3v) is 3.82. The normalized spacial score (nSPS) is 20.6. The summed E-state index contributed by atoms with van der Waals surface area (Å²) < 4.78 is 5.58. The molecule has 0 unspecified atom stereocenters. The maximum absolute atomic E-state index is 12.2. The molecule has 0 aromatic rings. The minimum atomic E-state index is 0.173. The molecule has 2 rings (SSSR count). The quantitative estimate of drug-likeness (QED) is 0.705. The minimum absolute atomic E-state index is 0.173. The standard InChI is InChI=1S/C14H26N2O2/c1-15(10-11-18-12-13-6-7-13)14(17)16-8-4-2-3-5-9-16/h13H,2-12H2,1H3. The Labute approximate surface area is 110 Å². The van der Waals surface area contributed by atoms with Crippen LogP contribution in [0.2, 0.25) is 0 Å². The highest BCUT2D eigenvalue weighted by Crippen LogP contribution is 2.28. The van der Waals surface area contributed by atoms with Crippen LogP contribution < -0.4 is 0 Å². The Hall–Kier alpha value is -0.770. The van der Waals surface area contributed by atoms with Crippen molar-refractivity contribution in [3.8, 4) is 0 Å². The van der Waals surface area contributed by atoms with Crippen LogP contribution in [0.3, 0.4) is 0 Å². The molecular weight excluding hydrogens is 228 g/mol. The molecule has 1 aliphatic heterocycles. The van der Waals surface area contributed by atoms with Gasteiger partial charge in [-0.2, -0.15) is 0 Å². The summed E-state index contributed by atoms with van der Waals surface area (Å²) in [5, 5.41) is 0. The summed E-state index contributed by atoms with van der Waals surface area (Å²) in [7, 11) is 1.88. The molecule has 2 aliphatic rings. The Morgan fingerprint density at radius 1 is 1.22 bits per heavy atom. The Morgan fingerprint density at radius 2 is 1.89 bits per heavy atom. The maximum atomic E-state index is 12.2. The number of likely N-dealkylation sites (tertiary alicyclic amines) is 1. The first-order valence-corrected chi connectivity index (χ1v) is 7.35. The molecule has 1 heterocycles.